The molecule has 0 saturated heterocycles. The van der Waals surface area contributed by atoms with E-state index in [9.17, 15) is 9.59 Å². The molecule has 2 atom stereocenters. The third-order valence-corrected chi connectivity index (χ3v) is 4.26. The van der Waals surface area contributed by atoms with Gasteiger partial charge in [0.1, 0.15) is 0 Å². The number of nitrogens with one attached hydrogen (secondary N) is 1. The van der Waals surface area contributed by atoms with Crippen molar-refractivity contribution in [3.63, 3.8) is 0 Å². The fourth-order valence-electron chi connectivity index (χ4n) is 2.96. The van der Waals surface area contributed by atoms with Crippen molar-refractivity contribution in [1.82, 2.24) is 9.78 Å². The molecule has 1 aromatic carbocycles. The third-order valence-electron chi connectivity index (χ3n) is 4.26. The van der Waals surface area contributed by atoms with E-state index in [0.717, 1.165) is 5.69 Å². The van der Waals surface area contributed by atoms with Crippen LogP contribution in [-0.2, 0) is 9.59 Å². The lowest BCUT2D eigenvalue weighted by Crippen LogP contribution is -2.17. The molecule has 0 spiro atoms. The van der Waals surface area contributed by atoms with Crippen molar-refractivity contribution in [2.75, 3.05) is 5.32 Å². The lowest BCUT2D eigenvalue weighted by Gasteiger charge is -2.08. The van der Waals surface area contributed by atoms with Crippen molar-refractivity contribution in [2.45, 2.75) is 13.8 Å². The zero-order valence-electron chi connectivity index (χ0n) is 12.4. The summed E-state index contributed by atoms with van der Waals surface area (Å²) < 4.78 is 1.69. The molecule has 1 fully saturated rings. The minimum absolute atomic E-state index is 0.255. The van der Waals surface area contributed by atoms with Gasteiger partial charge in [-0.25, -0.2) is 4.68 Å². The average Bonchev–Trinajstić information content (AvgIpc) is 2.84. The molecule has 1 saturated carbocycles. The van der Waals surface area contributed by atoms with E-state index in [1.54, 1.807) is 36.9 Å². The Morgan fingerprint density at radius 2 is 2.05 bits per heavy atom. The van der Waals surface area contributed by atoms with Crippen LogP contribution in [0.2, 0.25) is 0 Å². The van der Waals surface area contributed by atoms with Crippen LogP contribution >= 0.6 is 0 Å². The van der Waals surface area contributed by atoms with Crippen molar-refractivity contribution in [1.29, 1.82) is 0 Å². The van der Waals surface area contributed by atoms with Crippen molar-refractivity contribution in [3.05, 3.63) is 42.7 Å². The highest BCUT2D eigenvalue weighted by atomic mass is 16.4. The lowest BCUT2D eigenvalue weighted by atomic mass is 10.1. The molecule has 2 aromatic rings. The number of carbonyl (C=O) groups excluding carboxylic acids is 1. The number of aromatic nitrogens is 2. The van der Waals surface area contributed by atoms with Crippen LogP contribution in [0, 0.1) is 17.3 Å². The van der Waals surface area contributed by atoms with Gasteiger partial charge in [-0.1, -0.05) is 19.9 Å². The maximum Gasteiger partial charge on any atom is 0.307 e. The van der Waals surface area contributed by atoms with Crippen LogP contribution in [0.25, 0.3) is 5.69 Å². The molecule has 0 unspecified atom stereocenters. The fraction of sp³-hybridized carbons (Fsp3) is 0.312. The van der Waals surface area contributed by atoms with Gasteiger partial charge in [-0.15, -0.1) is 0 Å². The summed E-state index contributed by atoms with van der Waals surface area (Å²) in [6, 6.07) is 9.09. The molecule has 1 heterocycles. The molecule has 1 aromatic heterocycles. The highest BCUT2D eigenvalue weighted by Gasteiger charge is 2.65. The number of benzene rings is 1. The Kier molecular flexibility index (Phi) is 3.24. The second-order valence-electron chi connectivity index (χ2n) is 6.11. The van der Waals surface area contributed by atoms with Gasteiger partial charge in [0.25, 0.3) is 0 Å². The first-order chi connectivity index (χ1) is 10.4. The van der Waals surface area contributed by atoms with E-state index in [1.165, 1.54) is 0 Å². The first-order valence-electron chi connectivity index (χ1n) is 7.05. The Labute approximate surface area is 127 Å². The first kappa shape index (κ1) is 14.3. The number of carboxylic acids is 1. The molecular formula is C16H17N3O3. The van der Waals surface area contributed by atoms with Crippen molar-refractivity contribution in [3.8, 4) is 5.69 Å². The summed E-state index contributed by atoms with van der Waals surface area (Å²) >= 11 is 0. The summed E-state index contributed by atoms with van der Waals surface area (Å²) in [6.45, 7) is 3.60. The molecule has 3 rings (SSSR count). The zero-order chi connectivity index (χ0) is 15.9. The molecule has 6 nitrogen and oxygen atoms in total. The number of rotatable bonds is 4. The summed E-state index contributed by atoms with van der Waals surface area (Å²) in [5.41, 5.74) is 0.952. The predicted octanol–water partition coefficient (Wildman–Crippen LogP) is 2.17. The molecule has 6 heteroatoms. The van der Waals surface area contributed by atoms with Crippen LogP contribution in [-0.4, -0.2) is 26.8 Å². The number of carboxylic acid groups (broad SMARTS) is 1. The largest absolute Gasteiger partial charge is 0.481 e. The first-order valence-corrected chi connectivity index (χ1v) is 7.05. The average molecular weight is 299 g/mol. The van der Waals surface area contributed by atoms with Gasteiger partial charge >= 0.3 is 5.97 Å². The van der Waals surface area contributed by atoms with Crippen LogP contribution in [0.3, 0.4) is 0 Å². The maximum absolute atomic E-state index is 12.3. The van der Waals surface area contributed by atoms with E-state index in [4.69, 9.17) is 5.11 Å². The molecule has 1 aliphatic rings. The van der Waals surface area contributed by atoms with Gasteiger partial charge in [0.15, 0.2) is 0 Å². The van der Waals surface area contributed by atoms with Gasteiger partial charge in [-0.2, -0.15) is 5.10 Å². The minimum atomic E-state index is -0.921. The van der Waals surface area contributed by atoms with Gasteiger partial charge in [-0.05, 0) is 29.7 Å². The molecule has 2 N–H and O–H groups in total. The SMILES string of the molecule is CC1(C)[C@H](C(=O)O)[C@@H]1C(=O)Nc1cccc(-n2cccn2)c1. The van der Waals surface area contributed by atoms with Crippen molar-refractivity contribution < 1.29 is 14.7 Å². The topological polar surface area (TPSA) is 84.2 Å². The summed E-state index contributed by atoms with van der Waals surface area (Å²) in [7, 11) is 0. The molecule has 0 aliphatic heterocycles. The minimum Gasteiger partial charge on any atom is -0.481 e. The molecule has 1 amide bonds. The summed E-state index contributed by atoms with van der Waals surface area (Å²) in [5, 5.41) is 16.1. The van der Waals surface area contributed by atoms with Gasteiger partial charge in [0, 0.05) is 18.1 Å². The fourth-order valence-corrected chi connectivity index (χ4v) is 2.96. The number of nitrogens with zero attached hydrogens (tertiary/aromatic N) is 2. The lowest BCUT2D eigenvalue weighted by molar-refractivity contribution is -0.140. The van der Waals surface area contributed by atoms with Crippen LogP contribution < -0.4 is 5.32 Å². The normalized spacial score (nSPS) is 22.1. The summed E-state index contributed by atoms with van der Waals surface area (Å²) in [6.07, 6.45) is 3.49. The smallest absolute Gasteiger partial charge is 0.307 e. The van der Waals surface area contributed by atoms with Crippen LogP contribution in [0.5, 0.6) is 0 Å². The Balaban J connectivity index is 1.76. The molecule has 114 valence electrons. The number of amides is 1. The predicted molar refractivity (Wildman–Crippen MR) is 80.6 cm³/mol. The van der Waals surface area contributed by atoms with Crippen molar-refractivity contribution in [2.24, 2.45) is 17.3 Å². The van der Waals surface area contributed by atoms with E-state index < -0.39 is 23.2 Å². The van der Waals surface area contributed by atoms with Gasteiger partial charge in [0.2, 0.25) is 5.91 Å². The highest BCUT2D eigenvalue weighted by Crippen LogP contribution is 2.58. The van der Waals surface area contributed by atoms with E-state index in [2.05, 4.69) is 10.4 Å². The van der Waals surface area contributed by atoms with Crippen LogP contribution in [0.1, 0.15) is 13.8 Å². The van der Waals surface area contributed by atoms with Crippen molar-refractivity contribution >= 4 is 17.6 Å². The maximum atomic E-state index is 12.3. The third kappa shape index (κ3) is 2.36. The molecule has 0 radical (unpaired) electrons. The van der Waals surface area contributed by atoms with E-state index in [1.807, 2.05) is 24.4 Å². The Morgan fingerprint density at radius 3 is 2.64 bits per heavy atom. The molecule has 22 heavy (non-hydrogen) atoms. The molecule has 1 aliphatic carbocycles. The zero-order valence-corrected chi connectivity index (χ0v) is 12.4. The Bertz CT molecular complexity index is 722. The van der Waals surface area contributed by atoms with E-state index >= 15 is 0 Å². The number of aliphatic carboxylic acids is 1. The van der Waals surface area contributed by atoms with E-state index in [0.29, 0.717) is 5.69 Å². The number of anilines is 1. The monoisotopic (exact) mass is 299 g/mol. The number of carbonyl (C=O) groups is 2. The highest BCUT2D eigenvalue weighted by molar-refractivity contribution is 5.99. The van der Waals surface area contributed by atoms with Crippen LogP contribution in [0.4, 0.5) is 5.69 Å². The summed E-state index contributed by atoms with van der Waals surface area (Å²) in [4.78, 5) is 23.5. The molecular weight excluding hydrogens is 282 g/mol. The van der Waals surface area contributed by atoms with Gasteiger partial charge in [0.05, 0.1) is 17.5 Å². The summed E-state index contributed by atoms with van der Waals surface area (Å²) in [5.74, 6) is -2.30. The Hall–Kier alpha value is -2.63. The standard InChI is InChI=1S/C16H17N3O3/c1-16(2)12(13(16)15(21)22)14(20)18-10-5-3-6-11(9-10)19-8-4-7-17-19/h3-9,12-13H,1-2H3,(H,18,20)(H,21,22)/t12-,13+/m1/s1. The molecule has 0 bridgehead atoms. The van der Waals surface area contributed by atoms with E-state index in [-0.39, 0.29) is 5.91 Å². The quantitative estimate of drug-likeness (QED) is 0.906. The number of hydrogen-bond acceptors (Lipinski definition) is 3. The van der Waals surface area contributed by atoms with Gasteiger partial charge in [-0.3, -0.25) is 9.59 Å². The second kappa shape index (κ2) is 4.98. The Morgan fingerprint density at radius 1 is 1.27 bits per heavy atom. The van der Waals surface area contributed by atoms with Gasteiger partial charge < -0.3 is 10.4 Å². The van der Waals surface area contributed by atoms with Crippen LogP contribution in [0.15, 0.2) is 42.7 Å². The second-order valence-corrected chi connectivity index (χ2v) is 6.11. The number of hydrogen-bond donors (Lipinski definition) is 2.